The van der Waals surface area contributed by atoms with Crippen molar-refractivity contribution in [1.82, 2.24) is 14.5 Å². The molecule has 0 aliphatic carbocycles. The fraction of sp³-hybridized carbons (Fsp3) is 0.344. The van der Waals surface area contributed by atoms with E-state index in [0.717, 1.165) is 37.9 Å². The lowest BCUT2D eigenvalue weighted by molar-refractivity contribution is 0.102. The van der Waals surface area contributed by atoms with Crippen molar-refractivity contribution < 1.29 is 23.5 Å². The Labute approximate surface area is 244 Å². The van der Waals surface area contributed by atoms with Gasteiger partial charge in [0.15, 0.2) is 0 Å². The van der Waals surface area contributed by atoms with Crippen LogP contribution in [0.15, 0.2) is 67.0 Å². The zero-order chi connectivity index (χ0) is 29.5. The lowest BCUT2D eigenvalue weighted by Crippen LogP contribution is -2.32. The van der Waals surface area contributed by atoms with Crippen molar-refractivity contribution in [3.8, 4) is 11.5 Å². The Hall–Kier alpha value is -4.28. The number of nitrogens with zero attached hydrogens (tertiary/aromatic N) is 3. The summed E-state index contributed by atoms with van der Waals surface area (Å²) in [5.74, 6) is 1.55. The molecule has 4 aromatic rings. The molecule has 0 unspecified atom stereocenters. The Morgan fingerprint density at radius 1 is 1.10 bits per heavy atom. The van der Waals surface area contributed by atoms with Crippen molar-refractivity contribution in [2.45, 2.75) is 38.7 Å². The standard InChI is InChI=1S/C32H36FN5O4/c1-2-37-14-9-23(10-15-37)22-4-6-24(7-5-22)31(39)36-30-20-27(8-13-35-30)42-29-19-25-11-16-38(32(34)40)28(25)18-26(29)21-41-17-3-12-33/h4-8,11,13,16,18-20,23H,2-3,9-10,12,14-15,17,21H2,1H3,(H2,34,40)(H,35,36,39). The van der Waals surface area contributed by atoms with Gasteiger partial charge in [0, 0.05) is 41.6 Å². The van der Waals surface area contributed by atoms with E-state index in [-0.39, 0.29) is 25.5 Å². The number of aromatic nitrogens is 2. The Balaban J connectivity index is 1.28. The number of piperidine rings is 1. The number of halogens is 1. The molecule has 0 radical (unpaired) electrons. The van der Waals surface area contributed by atoms with E-state index >= 15 is 0 Å². The first-order valence-corrected chi connectivity index (χ1v) is 14.3. The number of amides is 2. The number of alkyl halides is 1. The highest BCUT2D eigenvalue weighted by Gasteiger charge is 2.20. The van der Waals surface area contributed by atoms with Crippen LogP contribution in [0.5, 0.6) is 11.5 Å². The van der Waals surface area contributed by atoms with Crippen molar-refractivity contribution >= 4 is 28.7 Å². The molecule has 1 aliphatic rings. The summed E-state index contributed by atoms with van der Waals surface area (Å²) < 4.78 is 25.7. The maximum atomic E-state index is 13.0. The van der Waals surface area contributed by atoms with Gasteiger partial charge in [-0.1, -0.05) is 19.1 Å². The van der Waals surface area contributed by atoms with Gasteiger partial charge in [0.2, 0.25) is 0 Å². The number of fused-ring (bicyclic) bond motifs is 1. The average molecular weight is 574 g/mol. The zero-order valence-corrected chi connectivity index (χ0v) is 23.7. The molecule has 2 aromatic heterocycles. The topological polar surface area (TPSA) is 112 Å². The maximum absolute atomic E-state index is 13.0. The van der Waals surface area contributed by atoms with Crippen molar-refractivity contribution in [1.29, 1.82) is 0 Å². The summed E-state index contributed by atoms with van der Waals surface area (Å²) in [5, 5.41) is 3.60. The number of rotatable bonds is 11. The second kappa shape index (κ2) is 13.6. The van der Waals surface area contributed by atoms with Gasteiger partial charge in [0.05, 0.1) is 18.8 Å². The van der Waals surface area contributed by atoms with E-state index in [2.05, 4.69) is 22.1 Å². The molecule has 0 bridgehead atoms. The van der Waals surface area contributed by atoms with Gasteiger partial charge in [-0.05, 0) is 86.8 Å². The zero-order valence-electron chi connectivity index (χ0n) is 23.7. The van der Waals surface area contributed by atoms with Gasteiger partial charge in [0.1, 0.15) is 17.3 Å². The van der Waals surface area contributed by atoms with Crippen molar-refractivity contribution in [3.63, 3.8) is 0 Å². The third-order valence-electron chi connectivity index (χ3n) is 7.67. The maximum Gasteiger partial charge on any atom is 0.323 e. The molecule has 1 fully saturated rings. The summed E-state index contributed by atoms with van der Waals surface area (Å²) in [7, 11) is 0. The normalized spacial score (nSPS) is 14.2. The second-order valence-electron chi connectivity index (χ2n) is 10.4. The Kier molecular flexibility index (Phi) is 9.45. The van der Waals surface area contributed by atoms with E-state index < -0.39 is 12.7 Å². The van der Waals surface area contributed by atoms with Crippen LogP contribution >= 0.6 is 0 Å². The second-order valence-corrected chi connectivity index (χ2v) is 10.4. The van der Waals surface area contributed by atoms with E-state index in [1.807, 2.05) is 24.3 Å². The summed E-state index contributed by atoms with van der Waals surface area (Å²) in [4.78, 5) is 31.6. The summed E-state index contributed by atoms with van der Waals surface area (Å²) in [6.45, 7) is 5.42. The van der Waals surface area contributed by atoms with Crippen LogP contribution < -0.4 is 15.8 Å². The van der Waals surface area contributed by atoms with E-state index in [0.29, 0.717) is 39.9 Å². The van der Waals surface area contributed by atoms with Gasteiger partial charge in [-0.15, -0.1) is 0 Å². The third kappa shape index (κ3) is 6.95. The van der Waals surface area contributed by atoms with Crippen molar-refractivity contribution in [3.05, 3.63) is 83.7 Å². The number of nitrogens with one attached hydrogen (secondary N) is 1. The number of pyridine rings is 1. The molecular weight excluding hydrogens is 537 g/mol. The van der Waals surface area contributed by atoms with E-state index in [1.165, 1.54) is 10.1 Å². The van der Waals surface area contributed by atoms with Gasteiger partial charge in [0.25, 0.3) is 5.91 Å². The molecule has 0 spiro atoms. The SMILES string of the molecule is CCN1CCC(c2ccc(C(=O)Nc3cc(Oc4cc5ccn(C(N)=O)c5cc4COCCCF)ccn3)cc2)CC1. The van der Waals surface area contributed by atoms with Crippen LogP contribution in [0.2, 0.25) is 0 Å². The van der Waals surface area contributed by atoms with Crippen LogP contribution in [0.3, 0.4) is 0 Å². The Morgan fingerprint density at radius 3 is 2.60 bits per heavy atom. The van der Waals surface area contributed by atoms with Crippen LogP contribution in [0, 0.1) is 0 Å². The molecular formula is C32H36FN5O4. The number of likely N-dealkylation sites (tertiary alicyclic amines) is 1. The quantitative estimate of drug-likeness (QED) is 0.210. The Bertz CT molecular complexity index is 1530. The molecule has 10 heteroatoms. The fourth-order valence-electron chi connectivity index (χ4n) is 5.29. The van der Waals surface area contributed by atoms with Crippen LogP contribution in [-0.4, -0.2) is 59.3 Å². The first-order valence-electron chi connectivity index (χ1n) is 14.3. The van der Waals surface area contributed by atoms with Gasteiger partial charge in [-0.2, -0.15) is 0 Å². The van der Waals surface area contributed by atoms with Crippen LogP contribution in [-0.2, 0) is 11.3 Å². The van der Waals surface area contributed by atoms with Gasteiger partial charge in [-0.25, -0.2) is 9.78 Å². The first kappa shape index (κ1) is 29.2. The van der Waals surface area contributed by atoms with Gasteiger partial charge in [-0.3, -0.25) is 13.8 Å². The van der Waals surface area contributed by atoms with E-state index in [1.54, 1.807) is 42.7 Å². The molecule has 3 heterocycles. The summed E-state index contributed by atoms with van der Waals surface area (Å²) in [6, 6.07) is 15.9. The van der Waals surface area contributed by atoms with Crippen molar-refractivity contribution in [2.24, 2.45) is 5.73 Å². The molecule has 0 saturated carbocycles. The number of nitrogens with two attached hydrogens (primary N) is 1. The Morgan fingerprint density at radius 2 is 1.88 bits per heavy atom. The lowest BCUT2D eigenvalue weighted by Gasteiger charge is -2.31. The summed E-state index contributed by atoms with van der Waals surface area (Å²) in [5.41, 5.74) is 8.59. The highest BCUT2D eigenvalue weighted by atomic mass is 19.1. The number of carbonyl (C=O) groups is 2. The minimum atomic E-state index is -0.607. The smallest absolute Gasteiger partial charge is 0.323 e. The number of anilines is 1. The number of benzene rings is 2. The molecule has 5 rings (SSSR count). The molecule has 1 saturated heterocycles. The molecule has 3 N–H and O–H groups in total. The van der Waals surface area contributed by atoms with Gasteiger partial charge < -0.3 is 25.4 Å². The molecule has 2 amide bonds. The molecule has 0 atom stereocenters. The summed E-state index contributed by atoms with van der Waals surface area (Å²) >= 11 is 0. The van der Waals surface area contributed by atoms with Crippen LogP contribution in [0.4, 0.5) is 15.0 Å². The third-order valence-corrected chi connectivity index (χ3v) is 7.67. The minimum Gasteiger partial charge on any atom is -0.457 e. The summed E-state index contributed by atoms with van der Waals surface area (Å²) in [6.07, 6.45) is 5.68. The number of carbonyl (C=O) groups excluding carboxylic acids is 2. The monoisotopic (exact) mass is 573 g/mol. The molecule has 42 heavy (non-hydrogen) atoms. The minimum absolute atomic E-state index is 0.150. The molecule has 220 valence electrons. The molecule has 9 nitrogen and oxygen atoms in total. The largest absolute Gasteiger partial charge is 0.457 e. The predicted molar refractivity (Wildman–Crippen MR) is 160 cm³/mol. The van der Waals surface area contributed by atoms with E-state index in [9.17, 15) is 14.0 Å². The highest BCUT2D eigenvalue weighted by Crippen LogP contribution is 2.32. The fourth-order valence-corrected chi connectivity index (χ4v) is 5.29. The highest BCUT2D eigenvalue weighted by molar-refractivity contribution is 6.03. The molecule has 1 aliphatic heterocycles. The lowest BCUT2D eigenvalue weighted by atomic mass is 9.89. The number of ether oxygens (including phenoxy) is 2. The van der Waals surface area contributed by atoms with E-state index in [4.69, 9.17) is 15.2 Å². The molecule has 2 aromatic carbocycles. The number of primary amides is 1. The average Bonchev–Trinajstić information content (AvgIpc) is 3.42. The number of hydrogen-bond donors (Lipinski definition) is 2. The van der Waals surface area contributed by atoms with Crippen LogP contribution in [0.1, 0.15) is 53.6 Å². The van der Waals surface area contributed by atoms with Gasteiger partial charge >= 0.3 is 6.03 Å². The van der Waals surface area contributed by atoms with Crippen LogP contribution in [0.25, 0.3) is 10.9 Å². The van der Waals surface area contributed by atoms with Crippen molar-refractivity contribution in [2.75, 3.05) is 38.2 Å². The number of hydrogen-bond acceptors (Lipinski definition) is 6. The first-order chi connectivity index (χ1) is 20.4. The predicted octanol–water partition coefficient (Wildman–Crippen LogP) is 6.08.